The zero-order valence-electron chi connectivity index (χ0n) is 31.8. The van der Waals surface area contributed by atoms with Crippen LogP contribution in [0.1, 0.15) is 33.7 Å². The zero-order chi connectivity index (χ0) is 42.3. The number of hydrogen-bond acceptors (Lipinski definition) is 13. The third-order valence-corrected chi connectivity index (χ3v) is 11.7. The maximum atomic E-state index is 14.4. The Morgan fingerprint density at radius 2 is 1.42 bits per heavy atom. The predicted molar refractivity (Wildman–Crippen MR) is 221 cm³/mol. The number of alkyl carbamates (subject to hydrolysis) is 1. The Bertz CT molecular complexity index is 2150. The summed E-state index contributed by atoms with van der Waals surface area (Å²) in [4.78, 5) is 27.2. The second-order valence-electron chi connectivity index (χ2n) is 13.7. The van der Waals surface area contributed by atoms with E-state index in [-0.39, 0.29) is 45.6 Å². The van der Waals surface area contributed by atoms with Crippen molar-refractivity contribution < 1.29 is 56.1 Å². The summed E-state index contributed by atoms with van der Waals surface area (Å²) in [5.74, 6) is -1.23. The van der Waals surface area contributed by atoms with Crippen molar-refractivity contribution in [2.75, 3.05) is 19.8 Å². The number of nitrogens with one attached hydrogen (secondary N) is 2. The van der Waals surface area contributed by atoms with Crippen LogP contribution in [0.5, 0.6) is 0 Å². The molecule has 4 aromatic rings. The summed E-state index contributed by atoms with van der Waals surface area (Å²) in [6.07, 6.45) is -7.37. The SMILES string of the molecule is C=CCOC(=O)O[C@@H]1C(NC(=O)OCC2c3ccccc3-c3ccccc32)C(OC(=N)C(Cl)(Cl)Cl)OC(COCc2ccccc2)[C@@H]1OP1(=O)OCc2ccccc2CO1. The molecule has 1 saturated heterocycles. The van der Waals surface area contributed by atoms with Crippen molar-refractivity contribution in [2.24, 2.45) is 0 Å². The topological polar surface area (TPSA) is 170 Å². The van der Waals surface area contributed by atoms with Crippen LogP contribution in [0, 0.1) is 5.41 Å². The highest BCUT2D eigenvalue weighted by atomic mass is 35.6. The van der Waals surface area contributed by atoms with E-state index in [2.05, 4.69) is 11.9 Å². The fraction of sp³-hybridized carbons (Fsp3) is 0.310. The number of ether oxygens (including phenoxy) is 6. The number of rotatable bonds is 13. The molecule has 4 aromatic carbocycles. The number of carbonyl (C=O) groups is 2. The Hall–Kier alpha value is -4.47. The molecular formula is C42H40Cl3N2O12P. The van der Waals surface area contributed by atoms with Gasteiger partial charge in [-0.25, -0.2) is 14.2 Å². The number of carbonyl (C=O) groups excluding carboxylic acids is 2. The van der Waals surface area contributed by atoms with E-state index in [1.165, 1.54) is 6.08 Å². The fourth-order valence-electron chi connectivity index (χ4n) is 7.04. The number of amides is 1. The molecule has 0 spiro atoms. The predicted octanol–water partition coefficient (Wildman–Crippen LogP) is 9.15. The molecule has 2 N–H and O–H groups in total. The van der Waals surface area contributed by atoms with Crippen molar-refractivity contribution in [1.82, 2.24) is 5.32 Å². The highest BCUT2D eigenvalue weighted by molar-refractivity contribution is 7.48. The molecule has 5 atom stereocenters. The highest BCUT2D eigenvalue weighted by Crippen LogP contribution is 2.55. The van der Waals surface area contributed by atoms with Gasteiger partial charge in [0.25, 0.3) is 3.79 Å². The molecule has 0 saturated carbocycles. The van der Waals surface area contributed by atoms with Gasteiger partial charge in [-0.05, 0) is 38.9 Å². The summed E-state index contributed by atoms with van der Waals surface area (Å²) in [6, 6.07) is 30.3. The lowest BCUT2D eigenvalue weighted by atomic mass is 9.96. The van der Waals surface area contributed by atoms with Crippen molar-refractivity contribution in [3.8, 4) is 11.1 Å². The first-order valence-electron chi connectivity index (χ1n) is 18.7. The summed E-state index contributed by atoms with van der Waals surface area (Å²) in [5.41, 5.74) is 6.14. The molecule has 14 nitrogen and oxygen atoms in total. The van der Waals surface area contributed by atoms with Crippen LogP contribution in [0.25, 0.3) is 11.1 Å². The van der Waals surface area contributed by atoms with Crippen molar-refractivity contribution >= 4 is 60.8 Å². The lowest BCUT2D eigenvalue weighted by Gasteiger charge is -2.45. The Labute approximate surface area is 361 Å². The van der Waals surface area contributed by atoms with Gasteiger partial charge >= 0.3 is 20.1 Å². The van der Waals surface area contributed by atoms with E-state index in [4.69, 9.17) is 82.2 Å². The van der Waals surface area contributed by atoms with Crippen LogP contribution in [0.2, 0.25) is 0 Å². The first-order chi connectivity index (χ1) is 28.9. The molecule has 7 rings (SSSR count). The highest BCUT2D eigenvalue weighted by Gasteiger charge is 2.55. The first-order valence-corrected chi connectivity index (χ1v) is 21.3. The Morgan fingerprint density at radius 3 is 2.03 bits per heavy atom. The van der Waals surface area contributed by atoms with Gasteiger partial charge in [-0.1, -0.05) is 151 Å². The van der Waals surface area contributed by atoms with E-state index in [0.29, 0.717) is 11.1 Å². The van der Waals surface area contributed by atoms with E-state index in [0.717, 1.165) is 27.8 Å². The minimum atomic E-state index is -4.54. The molecule has 60 heavy (non-hydrogen) atoms. The monoisotopic (exact) mass is 900 g/mol. The summed E-state index contributed by atoms with van der Waals surface area (Å²) in [6.45, 7) is 2.64. The third kappa shape index (κ3) is 10.5. The van der Waals surface area contributed by atoms with E-state index >= 15 is 0 Å². The van der Waals surface area contributed by atoms with E-state index in [9.17, 15) is 14.2 Å². The average Bonchev–Trinajstić information content (AvgIpc) is 3.46. The largest absolute Gasteiger partial charge is 0.509 e. The van der Waals surface area contributed by atoms with Crippen LogP contribution in [0.15, 0.2) is 116 Å². The fourth-order valence-corrected chi connectivity index (χ4v) is 8.52. The van der Waals surface area contributed by atoms with Gasteiger partial charge in [-0.2, -0.15) is 0 Å². The maximum absolute atomic E-state index is 14.4. The van der Waals surface area contributed by atoms with Gasteiger partial charge in [0.2, 0.25) is 12.2 Å². The van der Waals surface area contributed by atoms with Gasteiger partial charge in [0.15, 0.2) is 6.10 Å². The molecular weight excluding hydrogens is 862 g/mol. The van der Waals surface area contributed by atoms with E-state index < -0.39 is 60.4 Å². The van der Waals surface area contributed by atoms with Crippen molar-refractivity contribution in [3.05, 3.63) is 144 Å². The number of phosphoric acid groups is 1. The average molecular weight is 902 g/mol. The second-order valence-corrected chi connectivity index (χ2v) is 17.7. The van der Waals surface area contributed by atoms with Crippen LogP contribution in [0.3, 0.4) is 0 Å². The third-order valence-electron chi connectivity index (χ3n) is 9.84. The number of fused-ring (bicyclic) bond motifs is 4. The van der Waals surface area contributed by atoms with Gasteiger partial charge in [-0.3, -0.25) is 19.0 Å². The molecule has 2 aliphatic heterocycles. The minimum absolute atomic E-state index is 0.0806. The van der Waals surface area contributed by atoms with Gasteiger partial charge in [0, 0.05) is 5.92 Å². The zero-order valence-corrected chi connectivity index (χ0v) is 34.9. The van der Waals surface area contributed by atoms with E-state index in [1.807, 2.05) is 78.9 Å². The molecule has 2 heterocycles. The molecule has 3 unspecified atom stereocenters. The van der Waals surface area contributed by atoms with Crippen LogP contribution in [0.4, 0.5) is 9.59 Å². The summed E-state index contributed by atoms with van der Waals surface area (Å²) in [7, 11) is -4.54. The molecule has 1 aliphatic carbocycles. The van der Waals surface area contributed by atoms with Crippen LogP contribution < -0.4 is 5.32 Å². The van der Waals surface area contributed by atoms with Gasteiger partial charge in [0.1, 0.15) is 31.5 Å². The van der Waals surface area contributed by atoms with Crippen LogP contribution >= 0.6 is 42.6 Å². The van der Waals surface area contributed by atoms with Gasteiger partial charge < -0.3 is 33.7 Å². The van der Waals surface area contributed by atoms with Crippen LogP contribution in [-0.4, -0.2) is 72.4 Å². The summed E-state index contributed by atoms with van der Waals surface area (Å²) >= 11 is 18.1. The molecule has 0 radical (unpaired) electrons. The number of benzene rings is 4. The number of phosphoric ester groups is 1. The molecule has 1 amide bonds. The smallest absolute Gasteiger partial charge is 0.449 e. The molecule has 18 heteroatoms. The van der Waals surface area contributed by atoms with Crippen molar-refractivity contribution in [3.63, 3.8) is 0 Å². The quantitative estimate of drug-likeness (QED) is 0.0326. The van der Waals surface area contributed by atoms with Crippen molar-refractivity contribution in [2.45, 2.75) is 60.2 Å². The molecule has 3 aliphatic rings. The minimum Gasteiger partial charge on any atom is -0.449 e. The summed E-state index contributed by atoms with van der Waals surface area (Å²) in [5, 5.41) is 11.1. The lowest BCUT2D eigenvalue weighted by molar-refractivity contribution is -0.250. The molecule has 0 aromatic heterocycles. The van der Waals surface area contributed by atoms with Crippen LogP contribution in [-0.2, 0) is 66.4 Å². The normalized spacial score (nSPS) is 21.9. The second kappa shape index (κ2) is 19.5. The van der Waals surface area contributed by atoms with Gasteiger partial charge in [-0.15, -0.1) is 0 Å². The standard InChI is InChI=1S/C42H40Cl3N2O12P/c1-2-20-52-41(49)57-37-35(47-40(48)53-24-33-31-18-10-8-16-29(31)30-17-9-11-19-32(30)33)38(58-39(46)42(43,44)45)56-34(25-51-21-26-12-4-3-5-13-26)36(37)59-60(50)54-22-27-14-6-7-15-28(27)23-55-60/h2-19,33-38,46H,1,20-25H2,(H,47,48)/t34?,35?,36-,37+,38?/m0/s1. The van der Waals surface area contributed by atoms with E-state index in [1.54, 1.807) is 24.3 Å². The first kappa shape index (κ1) is 43.6. The summed E-state index contributed by atoms with van der Waals surface area (Å²) < 4.78 is 64.7. The molecule has 0 bridgehead atoms. The van der Waals surface area contributed by atoms with Crippen molar-refractivity contribution in [1.29, 1.82) is 5.41 Å². The molecule has 1 fully saturated rings. The Balaban J connectivity index is 1.21. The lowest BCUT2D eigenvalue weighted by Crippen LogP contribution is -2.67. The Kier molecular flexibility index (Phi) is 14.2. The number of hydrogen-bond donors (Lipinski definition) is 2. The maximum Gasteiger partial charge on any atom is 0.509 e. The number of alkyl halides is 3. The van der Waals surface area contributed by atoms with Gasteiger partial charge in [0.05, 0.1) is 26.4 Å². The molecule has 316 valence electrons. The Morgan fingerprint density at radius 1 is 0.817 bits per heavy atom. The number of halogens is 3.